The maximum atomic E-state index is 13.3. The van der Waals surface area contributed by atoms with Gasteiger partial charge in [-0.25, -0.2) is 0 Å². The highest BCUT2D eigenvalue weighted by molar-refractivity contribution is 5.84. The molecule has 1 saturated heterocycles. The van der Waals surface area contributed by atoms with E-state index >= 15 is 0 Å². The van der Waals surface area contributed by atoms with Gasteiger partial charge in [0.15, 0.2) is 6.29 Å². The molecule has 2 aliphatic rings. The van der Waals surface area contributed by atoms with Gasteiger partial charge in [0.05, 0.1) is 18.7 Å². The number of aliphatic hydroxyl groups excluding tert-OH is 1. The van der Waals surface area contributed by atoms with Crippen LogP contribution in [0.1, 0.15) is 51.5 Å². The van der Waals surface area contributed by atoms with E-state index in [9.17, 15) is 19.8 Å². The summed E-state index contributed by atoms with van der Waals surface area (Å²) in [5.74, 6) is -0.226. The van der Waals surface area contributed by atoms with Gasteiger partial charge in [-0.1, -0.05) is 36.8 Å². The first-order valence-corrected chi connectivity index (χ1v) is 11.1. The van der Waals surface area contributed by atoms with Crippen LogP contribution in [0.15, 0.2) is 30.3 Å². The molecule has 7 heteroatoms. The van der Waals surface area contributed by atoms with Crippen molar-refractivity contribution in [2.45, 2.75) is 82.8 Å². The van der Waals surface area contributed by atoms with Crippen molar-refractivity contribution >= 4 is 11.9 Å². The van der Waals surface area contributed by atoms with Crippen molar-refractivity contribution in [3.63, 3.8) is 0 Å². The molecular formula is C23H34N2O5. The lowest BCUT2D eigenvalue weighted by Gasteiger charge is -2.34. The lowest BCUT2D eigenvalue weighted by Crippen LogP contribution is -2.55. The molecule has 1 aliphatic carbocycles. The van der Waals surface area contributed by atoms with Gasteiger partial charge in [-0.15, -0.1) is 0 Å². The fraction of sp³-hybridized carbons (Fsp3) is 0.652. The van der Waals surface area contributed by atoms with Gasteiger partial charge < -0.3 is 19.8 Å². The van der Waals surface area contributed by atoms with Crippen molar-refractivity contribution in [1.29, 1.82) is 0 Å². The van der Waals surface area contributed by atoms with Gasteiger partial charge in [-0.2, -0.15) is 0 Å². The maximum Gasteiger partial charge on any atom is 0.323 e. The molecule has 166 valence electrons. The number of nitrogens with zero attached hydrogens (tertiary/aromatic N) is 1. The molecule has 3 rings (SSSR count). The monoisotopic (exact) mass is 418 g/mol. The zero-order chi connectivity index (χ0) is 21.7. The van der Waals surface area contributed by atoms with Crippen LogP contribution in [0.3, 0.4) is 0 Å². The fourth-order valence-electron chi connectivity index (χ4n) is 4.98. The molecule has 4 unspecified atom stereocenters. The number of carbonyl (C=O) groups excluding carboxylic acids is 2. The molecule has 30 heavy (non-hydrogen) atoms. The lowest BCUT2D eigenvalue weighted by molar-refractivity contribution is -0.150. The van der Waals surface area contributed by atoms with Crippen LogP contribution in [0.5, 0.6) is 0 Å². The van der Waals surface area contributed by atoms with E-state index in [2.05, 4.69) is 5.32 Å². The zero-order valence-corrected chi connectivity index (χ0v) is 17.9. The molecule has 1 heterocycles. The van der Waals surface area contributed by atoms with Gasteiger partial charge >= 0.3 is 5.97 Å². The van der Waals surface area contributed by atoms with E-state index in [1.807, 2.05) is 30.3 Å². The average Bonchev–Trinajstić information content (AvgIpc) is 3.32. The molecular weight excluding hydrogens is 384 g/mol. The quantitative estimate of drug-likeness (QED) is 0.416. The Morgan fingerprint density at radius 2 is 1.97 bits per heavy atom. The first kappa shape index (κ1) is 22.7. The highest BCUT2D eigenvalue weighted by Gasteiger charge is 2.49. The molecule has 0 bridgehead atoms. The number of likely N-dealkylation sites (tertiary alicyclic amines) is 1. The predicted octanol–water partition coefficient (Wildman–Crippen LogP) is 1.61. The SMILES string of the molecule is CCOC(=O)[C@H](CCc1ccccc1)NC(C)C(=O)N1C(C(O)O)CC2CCCC21. The number of amides is 1. The minimum Gasteiger partial charge on any atom is -0.465 e. The molecule has 1 aliphatic heterocycles. The van der Waals surface area contributed by atoms with Crippen LogP contribution in [0, 0.1) is 5.92 Å². The second-order valence-electron chi connectivity index (χ2n) is 8.44. The molecule has 0 radical (unpaired) electrons. The number of hydrogen-bond donors (Lipinski definition) is 3. The summed E-state index contributed by atoms with van der Waals surface area (Å²) in [7, 11) is 0. The highest BCUT2D eigenvalue weighted by Crippen LogP contribution is 2.42. The van der Waals surface area contributed by atoms with Crippen molar-refractivity contribution in [1.82, 2.24) is 10.2 Å². The number of aryl methyl sites for hydroxylation is 1. The molecule has 2 fully saturated rings. The van der Waals surface area contributed by atoms with Gasteiger partial charge in [0.1, 0.15) is 6.04 Å². The van der Waals surface area contributed by atoms with Gasteiger partial charge in [-0.3, -0.25) is 14.9 Å². The van der Waals surface area contributed by atoms with E-state index in [-0.39, 0.29) is 24.5 Å². The minimum atomic E-state index is -1.55. The van der Waals surface area contributed by atoms with Crippen LogP contribution in [-0.4, -0.2) is 64.1 Å². The number of carbonyl (C=O) groups is 2. The van der Waals surface area contributed by atoms with E-state index in [0.29, 0.717) is 25.2 Å². The van der Waals surface area contributed by atoms with Crippen molar-refractivity contribution in [3.05, 3.63) is 35.9 Å². The normalized spacial score (nSPS) is 25.2. The Bertz CT molecular complexity index is 711. The van der Waals surface area contributed by atoms with E-state index in [1.165, 1.54) is 0 Å². The molecule has 3 N–H and O–H groups in total. The first-order chi connectivity index (χ1) is 14.4. The number of esters is 1. The van der Waals surface area contributed by atoms with Crippen LogP contribution >= 0.6 is 0 Å². The van der Waals surface area contributed by atoms with Gasteiger partial charge in [-0.05, 0) is 57.4 Å². The summed E-state index contributed by atoms with van der Waals surface area (Å²) in [5.41, 5.74) is 1.12. The second-order valence-corrected chi connectivity index (χ2v) is 8.44. The summed E-state index contributed by atoms with van der Waals surface area (Å²) in [5, 5.41) is 22.8. The maximum absolute atomic E-state index is 13.3. The van der Waals surface area contributed by atoms with Crippen molar-refractivity contribution in [3.8, 4) is 0 Å². The number of benzene rings is 1. The van der Waals surface area contributed by atoms with E-state index in [4.69, 9.17) is 4.74 Å². The molecule has 0 aromatic heterocycles. The molecule has 7 nitrogen and oxygen atoms in total. The third-order valence-corrected chi connectivity index (χ3v) is 6.43. The number of aliphatic hydroxyl groups is 2. The number of nitrogens with one attached hydrogen (secondary N) is 1. The molecule has 1 aromatic carbocycles. The summed E-state index contributed by atoms with van der Waals surface area (Å²) in [6, 6.07) is 8.12. The summed E-state index contributed by atoms with van der Waals surface area (Å²) >= 11 is 0. The summed E-state index contributed by atoms with van der Waals surface area (Å²) < 4.78 is 5.22. The van der Waals surface area contributed by atoms with Crippen LogP contribution < -0.4 is 5.32 Å². The largest absolute Gasteiger partial charge is 0.465 e. The second kappa shape index (κ2) is 10.4. The Morgan fingerprint density at radius 3 is 2.63 bits per heavy atom. The summed E-state index contributed by atoms with van der Waals surface area (Å²) in [4.78, 5) is 27.5. The first-order valence-electron chi connectivity index (χ1n) is 11.1. The topological polar surface area (TPSA) is 99.1 Å². The summed E-state index contributed by atoms with van der Waals surface area (Å²) in [6.45, 7) is 3.78. The smallest absolute Gasteiger partial charge is 0.323 e. The molecule has 1 amide bonds. The number of ether oxygens (including phenoxy) is 1. The number of fused-ring (bicyclic) bond motifs is 1. The van der Waals surface area contributed by atoms with Crippen molar-refractivity contribution in [2.75, 3.05) is 6.61 Å². The fourth-order valence-corrected chi connectivity index (χ4v) is 4.98. The standard InChI is InChI=1S/C23H34N2O5/c1-3-30-23(29)18(13-12-16-8-5-4-6-9-16)24-15(2)21(26)25-19-11-7-10-17(19)14-20(25)22(27)28/h4-6,8-9,15,17-20,22,24,27-28H,3,7,10-14H2,1-2H3/t15?,17?,18-,19?,20?/m0/s1. The van der Waals surface area contributed by atoms with Crippen LogP contribution in [-0.2, 0) is 20.7 Å². The third-order valence-electron chi connectivity index (χ3n) is 6.43. The van der Waals surface area contributed by atoms with E-state index < -0.39 is 24.4 Å². The van der Waals surface area contributed by atoms with E-state index in [1.54, 1.807) is 18.7 Å². The minimum absolute atomic E-state index is 0.0545. The highest BCUT2D eigenvalue weighted by atomic mass is 16.5. The van der Waals surface area contributed by atoms with Crippen molar-refractivity contribution in [2.24, 2.45) is 5.92 Å². The van der Waals surface area contributed by atoms with E-state index in [0.717, 1.165) is 24.8 Å². The Labute approximate surface area is 178 Å². The van der Waals surface area contributed by atoms with Crippen LogP contribution in [0.4, 0.5) is 0 Å². The molecule has 1 saturated carbocycles. The lowest BCUT2D eigenvalue weighted by atomic mass is 10.0. The Hall–Kier alpha value is -1.96. The third kappa shape index (κ3) is 5.20. The molecule has 0 spiro atoms. The summed E-state index contributed by atoms with van der Waals surface area (Å²) in [6.07, 6.45) is 3.23. The Kier molecular flexibility index (Phi) is 7.86. The molecule has 5 atom stereocenters. The Balaban J connectivity index is 1.68. The van der Waals surface area contributed by atoms with Gasteiger partial charge in [0, 0.05) is 6.04 Å². The number of rotatable bonds is 9. The number of hydrogen-bond acceptors (Lipinski definition) is 6. The molecule has 1 aromatic rings. The van der Waals surface area contributed by atoms with Crippen molar-refractivity contribution < 1.29 is 24.5 Å². The van der Waals surface area contributed by atoms with Gasteiger partial charge in [0.25, 0.3) is 0 Å². The average molecular weight is 419 g/mol. The van der Waals surface area contributed by atoms with Crippen LogP contribution in [0.25, 0.3) is 0 Å². The predicted molar refractivity (Wildman–Crippen MR) is 112 cm³/mol. The van der Waals surface area contributed by atoms with Crippen LogP contribution in [0.2, 0.25) is 0 Å². The zero-order valence-electron chi connectivity index (χ0n) is 17.9. The Morgan fingerprint density at radius 1 is 1.23 bits per heavy atom. The van der Waals surface area contributed by atoms with Gasteiger partial charge in [0.2, 0.25) is 5.91 Å².